The molecule has 36 heavy (non-hydrogen) atoms. The summed E-state index contributed by atoms with van der Waals surface area (Å²) in [7, 11) is 3.60. The van der Waals surface area contributed by atoms with E-state index < -0.39 is 23.5 Å². The molecule has 0 radical (unpaired) electrons. The number of hydrogen-bond acceptors (Lipinski definition) is 2. The predicted molar refractivity (Wildman–Crippen MR) is 123 cm³/mol. The number of alkyl halides is 6. The third-order valence-electron chi connectivity index (χ3n) is 5.24. The van der Waals surface area contributed by atoms with Gasteiger partial charge in [0, 0.05) is 31.5 Å². The molecule has 0 fully saturated rings. The third-order valence-corrected chi connectivity index (χ3v) is 5.24. The van der Waals surface area contributed by atoms with E-state index >= 15 is 0 Å². The second-order valence-corrected chi connectivity index (χ2v) is 7.81. The Labute approximate surface area is 204 Å². The molecule has 4 nitrogen and oxygen atoms in total. The summed E-state index contributed by atoms with van der Waals surface area (Å²) in [6.07, 6.45) is -3.78. The van der Waals surface area contributed by atoms with E-state index in [0.717, 1.165) is 41.9 Å². The van der Waals surface area contributed by atoms with Crippen LogP contribution in [0.3, 0.4) is 0 Å². The Hall–Kier alpha value is -4.00. The first-order valence-corrected chi connectivity index (χ1v) is 10.7. The fourth-order valence-corrected chi connectivity index (χ4v) is 3.15. The van der Waals surface area contributed by atoms with E-state index in [1.54, 1.807) is 34.9 Å². The maximum absolute atomic E-state index is 12.4. The second-order valence-electron chi connectivity index (χ2n) is 7.81. The highest BCUT2D eigenvalue weighted by molar-refractivity contribution is 5.41. The van der Waals surface area contributed by atoms with Crippen LogP contribution >= 0.6 is 0 Å². The molecule has 2 aromatic heterocycles. The molecule has 0 N–H and O–H groups in total. The predicted octanol–water partition coefficient (Wildman–Crippen LogP) is 6.06. The van der Waals surface area contributed by atoms with Crippen molar-refractivity contribution in [2.75, 3.05) is 0 Å². The van der Waals surface area contributed by atoms with E-state index in [-0.39, 0.29) is 0 Å². The van der Waals surface area contributed by atoms with Crippen LogP contribution in [0.4, 0.5) is 26.3 Å². The van der Waals surface area contributed by atoms with Gasteiger partial charge in [0.2, 0.25) is 0 Å². The number of rotatable bonds is 3. The first kappa shape index (κ1) is 26.6. The second kappa shape index (κ2) is 11.2. The van der Waals surface area contributed by atoms with E-state index in [4.69, 9.17) is 0 Å². The lowest BCUT2D eigenvalue weighted by molar-refractivity contribution is -0.138. The highest BCUT2D eigenvalue weighted by Crippen LogP contribution is 2.30. The standard InChI is InChI=1S/C13H13F3N2.C13H9F3N2/c2*1-18-12(8-9-17-18)7-4-10-2-5-11(6-3-10)13(14,15)16/h2-3,5-6,8-9H,4,7H2,1H3;2-3,5-6,8-9H,1H3. The Kier molecular flexibility index (Phi) is 8.25. The summed E-state index contributed by atoms with van der Waals surface area (Å²) in [6, 6.07) is 13.7. The summed E-state index contributed by atoms with van der Waals surface area (Å²) < 4.78 is 77.5. The zero-order valence-electron chi connectivity index (χ0n) is 19.4. The average Bonchev–Trinajstić information content (AvgIpc) is 3.43. The van der Waals surface area contributed by atoms with Gasteiger partial charge in [0.1, 0.15) is 5.69 Å². The highest BCUT2D eigenvalue weighted by atomic mass is 19.4. The molecule has 0 unspecified atom stereocenters. The van der Waals surface area contributed by atoms with Crippen molar-refractivity contribution in [1.29, 1.82) is 0 Å². The van der Waals surface area contributed by atoms with E-state index in [1.165, 1.54) is 24.3 Å². The summed E-state index contributed by atoms with van der Waals surface area (Å²) in [5, 5.41) is 7.98. The molecule has 0 aliphatic heterocycles. The fourth-order valence-electron chi connectivity index (χ4n) is 3.15. The van der Waals surface area contributed by atoms with Crippen LogP contribution in [0.1, 0.15) is 33.6 Å². The molecule has 4 aromatic rings. The van der Waals surface area contributed by atoms with Gasteiger partial charge in [0.05, 0.1) is 17.3 Å². The Bertz CT molecular complexity index is 1320. The minimum absolute atomic E-state index is 0.532. The molecule has 10 heteroatoms. The van der Waals surface area contributed by atoms with Crippen molar-refractivity contribution in [3.63, 3.8) is 0 Å². The lowest BCUT2D eigenvalue weighted by atomic mass is 10.1. The van der Waals surface area contributed by atoms with Crippen LogP contribution in [0.5, 0.6) is 0 Å². The molecule has 0 saturated heterocycles. The summed E-state index contributed by atoms with van der Waals surface area (Å²) in [4.78, 5) is 0. The molecule has 0 saturated carbocycles. The molecule has 0 amide bonds. The molecule has 0 atom stereocenters. The van der Waals surface area contributed by atoms with Gasteiger partial charge < -0.3 is 0 Å². The number of hydrogen-bond donors (Lipinski definition) is 0. The zero-order valence-corrected chi connectivity index (χ0v) is 19.4. The summed E-state index contributed by atoms with van der Waals surface area (Å²) in [5.41, 5.74) is 1.92. The first-order chi connectivity index (χ1) is 16.9. The normalized spacial score (nSPS) is 11.3. The maximum Gasteiger partial charge on any atom is 0.416 e. The van der Waals surface area contributed by atoms with Gasteiger partial charge in [-0.05, 0) is 72.9 Å². The number of nitrogens with zero attached hydrogens (tertiary/aromatic N) is 4. The van der Waals surface area contributed by atoms with Crippen molar-refractivity contribution in [2.24, 2.45) is 14.1 Å². The smallest absolute Gasteiger partial charge is 0.273 e. The minimum Gasteiger partial charge on any atom is -0.273 e. The molecular weight excluding hydrogens is 482 g/mol. The molecule has 4 rings (SSSR count). The molecule has 0 spiro atoms. The van der Waals surface area contributed by atoms with Gasteiger partial charge in [0.25, 0.3) is 0 Å². The van der Waals surface area contributed by atoms with Crippen molar-refractivity contribution >= 4 is 0 Å². The van der Waals surface area contributed by atoms with Gasteiger partial charge >= 0.3 is 12.4 Å². The molecule has 2 heterocycles. The number of aromatic nitrogens is 4. The summed E-state index contributed by atoms with van der Waals surface area (Å²) >= 11 is 0. The monoisotopic (exact) mass is 504 g/mol. The Balaban J connectivity index is 0.000000201. The van der Waals surface area contributed by atoms with Crippen LogP contribution in [-0.4, -0.2) is 19.6 Å². The average molecular weight is 504 g/mol. The van der Waals surface area contributed by atoms with Crippen LogP contribution in [-0.2, 0) is 39.3 Å². The Morgan fingerprint density at radius 1 is 0.639 bits per heavy atom. The van der Waals surface area contributed by atoms with Crippen molar-refractivity contribution in [3.8, 4) is 11.8 Å². The van der Waals surface area contributed by atoms with Gasteiger partial charge in [0.15, 0.2) is 0 Å². The maximum atomic E-state index is 12.4. The van der Waals surface area contributed by atoms with Gasteiger partial charge in [-0.25, -0.2) is 0 Å². The Morgan fingerprint density at radius 3 is 1.64 bits per heavy atom. The van der Waals surface area contributed by atoms with Crippen molar-refractivity contribution in [2.45, 2.75) is 25.2 Å². The van der Waals surface area contributed by atoms with E-state index in [0.29, 0.717) is 17.7 Å². The fraction of sp³-hybridized carbons (Fsp3) is 0.231. The van der Waals surface area contributed by atoms with Crippen LogP contribution in [0, 0.1) is 11.8 Å². The van der Waals surface area contributed by atoms with Gasteiger partial charge in [-0.15, -0.1) is 0 Å². The van der Waals surface area contributed by atoms with Crippen molar-refractivity contribution in [1.82, 2.24) is 19.6 Å². The molecule has 0 bridgehead atoms. The highest BCUT2D eigenvalue weighted by Gasteiger charge is 2.30. The SMILES string of the molecule is Cn1nccc1C#Cc1ccc(C(F)(F)F)cc1.Cn1nccc1CCc1ccc(C(F)(F)F)cc1. The van der Waals surface area contributed by atoms with Gasteiger partial charge in [-0.1, -0.05) is 18.1 Å². The number of benzene rings is 2. The third kappa shape index (κ3) is 7.50. The number of aryl methyl sites for hydroxylation is 4. The molecular formula is C26H22F6N4. The largest absolute Gasteiger partial charge is 0.416 e. The first-order valence-electron chi connectivity index (χ1n) is 10.7. The van der Waals surface area contributed by atoms with Gasteiger partial charge in [-0.3, -0.25) is 9.36 Å². The van der Waals surface area contributed by atoms with E-state index in [1.807, 2.05) is 13.1 Å². The van der Waals surface area contributed by atoms with Crippen molar-refractivity contribution in [3.05, 3.63) is 107 Å². The van der Waals surface area contributed by atoms with Crippen LogP contribution < -0.4 is 0 Å². The molecule has 0 aliphatic rings. The number of halogens is 6. The van der Waals surface area contributed by atoms with Crippen LogP contribution in [0.25, 0.3) is 0 Å². The summed E-state index contributed by atoms with van der Waals surface area (Å²) in [6.45, 7) is 0. The summed E-state index contributed by atoms with van der Waals surface area (Å²) in [5.74, 6) is 5.62. The quantitative estimate of drug-likeness (QED) is 0.251. The molecule has 2 aromatic carbocycles. The Morgan fingerprint density at radius 2 is 1.17 bits per heavy atom. The van der Waals surface area contributed by atoms with Gasteiger partial charge in [-0.2, -0.15) is 36.5 Å². The van der Waals surface area contributed by atoms with Crippen molar-refractivity contribution < 1.29 is 26.3 Å². The van der Waals surface area contributed by atoms with E-state index in [9.17, 15) is 26.3 Å². The zero-order chi connectivity index (χ0) is 26.3. The van der Waals surface area contributed by atoms with E-state index in [2.05, 4.69) is 22.0 Å². The lowest BCUT2D eigenvalue weighted by Gasteiger charge is -2.07. The van der Waals surface area contributed by atoms with Crippen LogP contribution in [0.15, 0.2) is 73.1 Å². The van der Waals surface area contributed by atoms with Crippen LogP contribution in [0.2, 0.25) is 0 Å². The minimum atomic E-state index is -4.31. The lowest BCUT2D eigenvalue weighted by Crippen LogP contribution is -2.05. The molecule has 0 aliphatic carbocycles. The topological polar surface area (TPSA) is 35.6 Å². The molecule has 188 valence electrons.